The first-order valence-electron chi connectivity index (χ1n) is 11.7. The Balaban J connectivity index is 1.52. The third-order valence-electron chi connectivity index (χ3n) is 6.14. The van der Waals surface area contributed by atoms with Crippen LogP contribution in [-0.2, 0) is 14.8 Å². The zero-order valence-corrected chi connectivity index (χ0v) is 19.5. The van der Waals surface area contributed by atoms with Crippen molar-refractivity contribution in [2.45, 2.75) is 75.8 Å². The Morgan fingerprint density at radius 1 is 1.16 bits per heavy atom. The summed E-state index contributed by atoms with van der Waals surface area (Å²) >= 11 is 0. The predicted octanol–water partition coefficient (Wildman–Crippen LogP) is 3.46. The topological polar surface area (TPSA) is 79.0 Å². The summed E-state index contributed by atoms with van der Waals surface area (Å²) in [4.78, 5) is 15.4. The number of hydrogen-bond donors (Lipinski definition) is 1. The van der Waals surface area contributed by atoms with Crippen molar-refractivity contribution in [2.75, 3.05) is 31.5 Å². The zero-order chi connectivity index (χ0) is 22.0. The lowest BCUT2D eigenvalue weighted by Gasteiger charge is -2.26. The number of rotatable bonds is 10. The van der Waals surface area contributed by atoms with Gasteiger partial charge < -0.3 is 10.1 Å². The van der Waals surface area contributed by atoms with E-state index in [-0.39, 0.29) is 16.9 Å². The van der Waals surface area contributed by atoms with Crippen LogP contribution in [0.5, 0.6) is 5.75 Å². The maximum absolute atomic E-state index is 13.1. The molecule has 4 rings (SSSR count). The number of ether oxygens (including phenoxy) is 1. The van der Waals surface area contributed by atoms with E-state index in [4.69, 9.17) is 4.74 Å². The van der Waals surface area contributed by atoms with Gasteiger partial charge in [0, 0.05) is 25.7 Å². The Labute approximate surface area is 186 Å². The van der Waals surface area contributed by atoms with Crippen LogP contribution in [0, 0.1) is 5.92 Å². The first-order chi connectivity index (χ1) is 14.8. The van der Waals surface area contributed by atoms with E-state index in [0.717, 1.165) is 44.6 Å². The number of anilines is 1. The molecular weight excluding hydrogens is 414 g/mol. The van der Waals surface area contributed by atoms with Gasteiger partial charge in [-0.3, -0.25) is 9.69 Å². The molecule has 0 unspecified atom stereocenters. The van der Waals surface area contributed by atoms with E-state index in [1.807, 2.05) is 13.8 Å². The normalized spacial score (nSPS) is 20.3. The van der Waals surface area contributed by atoms with Crippen LogP contribution in [0.2, 0.25) is 0 Å². The van der Waals surface area contributed by atoms with Crippen molar-refractivity contribution in [1.29, 1.82) is 0 Å². The third kappa shape index (κ3) is 5.99. The van der Waals surface area contributed by atoms with E-state index in [1.54, 1.807) is 22.5 Å². The Bertz CT molecular complexity index is 888. The first kappa shape index (κ1) is 22.6. The minimum atomic E-state index is -3.58. The van der Waals surface area contributed by atoms with Gasteiger partial charge in [0.1, 0.15) is 5.75 Å². The van der Waals surface area contributed by atoms with Crippen molar-refractivity contribution in [2.24, 2.45) is 5.92 Å². The van der Waals surface area contributed by atoms with Crippen molar-refractivity contribution in [3.63, 3.8) is 0 Å². The van der Waals surface area contributed by atoms with E-state index in [1.165, 1.54) is 12.8 Å². The number of benzene rings is 1. The lowest BCUT2D eigenvalue weighted by molar-refractivity contribution is -0.117. The molecule has 8 heteroatoms. The average Bonchev–Trinajstić information content (AvgIpc) is 3.63. The molecule has 2 aliphatic carbocycles. The summed E-state index contributed by atoms with van der Waals surface area (Å²) in [5, 5.41) is 2.95. The molecule has 0 bridgehead atoms. The summed E-state index contributed by atoms with van der Waals surface area (Å²) in [6.07, 6.45) is 7.58. The molecule has 1 aliphatic heterocycles. The highest BCUT2D eigenvalue weighted by Gasteiger charge is 2.35. The molecule has 1 saturated heterocycles. The molecule has 0 atom stereocenters. The summed E-state index contributed by atoms with van der Waals surface area (Å²) in [5.41, 5.74) is 0.430. The largest absolute Gasteiger partial charge is 0.489 e. The number of nitrogens with zero attached hydrogens (tertiary/aromatic N) is 2. The summed E-state index contributed by atoms with van der Waals surface area (Å²) in [7, 11) is -3.58. The van der Waals surface area contributed by atoms with E-state index >= 15 is 0 Å². The molecule has 7 nitrogen and oxygen atoms in total. The standard InChI is InChI=1S/C23H35N3O4S/c1-17(2)30-22-11-10-20(31(28,29)26-12-4-3-5-13-26)14-21(22)24-23(27)16-25(19-8-9-19)15-18-6-7-18/h10-11,14,17-19H,3-9,12-13,15-16H2,1-2H3,(H,24,27). The van der Waals surface area contributed by atoms with Crippen molar-refractivity contribution in [1.82, 2.24) is 9.21 Å². The second-order valence-corrected chi connectivity index (χ2v) is 11.4. The van der Waals surface area contributed by atoms with Gasteiger partial charge in [-0.2, -0.15) is 4.31 Å². The number of carbonyl (C=O) groups excluding carboxylic acids is 1. The van der Waals surface area contributed by atoms with Crippen LogP contribution in [0.25, 0.3) is 0 Å². The SMILES string of the molecule is CC(C)Oc1ccc(S(=O)(=O)N2CCCCC2)cc1NC(=O)CN(CC1CC1)C1CC1. The van der Waals surface area contributed by atoms with Crippen LogP contribution >= 0.6 is 0 Å². The molecule has 0 spiro atoms. The molecule has 2 saturated carbocycles. The molecule has 3 fully saturated rings. The molecule has 0 radical (unpaired) electrons. The number of hydrogen-bond acceptors (Lipinski definition) is 5. The van der Waals surface area contributed by atoms with Gasteiger partial charge in [-0.05, 0) is 76.5 Å². The second-order valence-electron chi connectivity index (χ2n) is 9.44. The molecule has 1 heterocycles. The summed E-state index contributed by atoms with van der Waals surface area (Å²) < 4.78 is 33.7. The fourth-order valence-corrected chi connectivity index (χ4v) is 5.71. The fraction of sp³-hybridized carbons (Fsp3) is 0.696. The van der Waals surface area contributed by atoms with Gasteiger partial charge in [-0.1, -0.05) is 6.42 Å². The number of carbonyl (C=O) groups is 1. The van der Waals surface area contributed by atoms with Crippen LogP contribution in [0.15, 0.2) is 23.1 Å². The Morgan fingerprint density at radius 2 is 1.87 bits per heavy atom. The van der Waals surface area contributed by atoms with Gasteiger partial charge in [0.05, 0.1) is 23.2 Å². The van der Waals surface area contributed by atoms with Crippen LogP contribution in [0.4, 0.5) is 5.69 Å². The maximum Gasteiger partial charge on any atom is 0.243 e. The van der Waals surface area contributed by atoms with Crippen molar-refractivity contribution in [3.05, 3.63) is 18.2 Å². The Kier molecular flexibility index (Phi) is 6.89. The van der Waals surface area contributed by atoms with Gasteiger partial charge in [-0.15, -0.1) is 0 Å². The first-order valence-corrected chi connectivity index (χ1v) is 13.1. The minimum absolute atomic E-state index is 0.0852. The predicted molar refractivity (Wildman–Crippen MR) is 121 cm³/mol. The van der Waals surface area contributed by atoms with Crippen molar-refractivity contribution >= 4 is 21.6 Å². The maximum atomic E-state index is 13.1. The van der Waals surface area contributed by atoms with Crippen LogP contribution < -0.4 is 10.1 Å². The average molecular weight is 450 g/mol. The summed E-state index contributed by atoms with van der Waals surface area (Å²) in [6, 6.07) is 5.32. The highest BCUT2D eigenvalue weighted by molar-refractivity contribution is 7.89. The molecule has 3 aliphatic rings. The quantitative estimate of drug-likeness (QED) is 0.592. The Morgan fingerprint density at radius 3 is 2.48 bits per heavy atom. The molecule has 31 heavy (non-hydrogen) atoms. The van der Waals surface area contributed by atoms with Gasteiger partial charge in [0.15, 0.2) is 0 Å². The number of piperidine rings is 1. The molecule has 0 aromatic heterocycles. The fourth-order valence-electron chi connectivity index (χ4n) is 4.17. The third-order valence-corrected chi connectivity index (χ3v) is 8.03. The smallest absolute Gasteiger partial charge is 0.243 e. The van der Waals surface area contributed by atoms with Gasteiger partial charge in [-0.25, -0.2) is 8.42 Å². The zero-order valence-electron chi connectivity index (χ0n) is 18.7. The molecular formula is C23H35N3O4S. The number of nitrogens with one attached hydrogen (secondary N) is 1. The molecule has 1 aromatic carbocycles. The van der Waals surface area contributed by atoms with Crippen LogP contribution in [0.3, 0.4) is 0 Å². The highest BCUT2D eigenvalue weighted by Crippen LogP contribution is 2.35. The number of amides is 1. The van der Waals surface area contributed by atoms with Gasteiger partial charge in [0.2, 0.25) is 15.9 Å². The van der Waals surface area contributed by atoms with E-state index in [9.17, 15) is 13.2 Å². The monoisotopic (exact) mass is 449 g/mol. The van der Waals surface area contributed by atoms with Gasteiger partial charge >= 0.3 is 0 Å². The summed E-state index contributed by atoms with van der Waals surface area (Å²) in [5.74, 6) is 1.11. The van der Waals surface area contributed by atoms with Crippen LogP contribution in [0.1, 0.15) is 58.8 Å². The molecule has 172 valence electrons. The van der Waals surface area contributed by atoms with E-state index in [0.29, 0.717) is 37.1 Å². The summed E-state index contributed by atoms with van der Waals surface area (Å²) in [6.45, 7) is 6.24. The lowest BCUT2D eigenvalue weighted by Crippen LogP contribution is -2.37. The van der Waals surface area contributed by atoms with Gasteiger partial charge in [0.25, 0.3) is 0 Å². The minimum Gasteiger partial charge on any atom is -0.489 e. The second kappa shape index (κ2) is 9.46. The molecule has 1 aromatic rings. The van der Waals surface area contributed by atoms with E-state index < -0.39 is 10.0 Å². The van der Waals surface area contributed by atoms with E-state index in [2.05, 4.69) is 10.2 Å². The lowest BCUT2D eigenvalue weighted by atomic mass is 10.2. The van der Waals surface area contributed by atoms with Crippen LogP contribution in [-0.4, -0.2) is 61.9 Å². The number of sulfonamides is 1. The Hall–Kier alpha value is -1.64. The molecule has 1 amide bonds. The molecule has 1 N–H and O–H groups in total. The van der Waals surface area contributed by atoms with Crippen molar-refractivity contribution < 1.29 is 17.9 Å². The van der Waals surface area contributed by atoms with Crippen molar-refractivity contribution in [3.8, 4) is 5.75 Å². The highest BCUT2D eigenvalue weighted by atomic mass is 32.2.